The highest BCUT2D eigenvalue weighted by atomic mass is 16.5. The van der Waals surface area contributed by atoms with Crippen molar-refractivity contribution in [1.82, 2.24) is 15.1 Å². The second kappa shape index (κ2) is 4.64. The maximum atomic E-state index is 11.1. The van der Waals surface area contributed by atoms with E-state index in [4.69, 9.17) is 4.74 Å². The van der Waals surface area contributed by atoms with Crippen molar-refractivity contribution in [2.24, 2.45) is 0 Å². The molecule has 1 aromatic rings. The number of nitrogens with zero attached hydrogens (tertiary/aromatic N) is 2. The third-order valence-corrected chi connectivity index (χ3v) is 1.86. The van der Waals surface area contributed by atoms with E-state index >= 15 is 0 Å². The van der Waals surface area contributed by atoms with Crippen molar-refractivity contribution in [3.8, 4) is 5.75 Å². The number of carbonyl (C=O) groups is 1. The number of amides is 1. The zero-order chi connectivity index (χ0) is 10.6. The molecule has 1 aromatic heterocycles. The monoisotopic (exact) mass is 197 g/mol. The Balaban J connectivity index is 2.55. The van der Waals surface area contributed by atoms with Gasteiger partial charge in [-0.3, -0.25) is 9.48 Å². The molecule has 1 unspecified atom stereocenters. The Bertz CT molecular complexity index is 309. The van der Waals surface area contributed by atoms with E-state index < -0.39 is 6.10 Å². The molecule has 1 rings (SSSR count). The number of aryl methyl sites for hydroxylation is 1. The number of hydrogen-bond donors (Lipinski definition) is 1. The first-order chi connectivity index (χ1) is 6.67. The van der Waals surface area contributed by atoms with Gasteiger partial charge in [0.15, 0.2) is 11.9 Å². The predicted molar refractivity (Wildman–Crippen MR) is 52.1 cm³/mol. The van der Waals surface area contributed by atoms with Crippen LogP contribution in [0.25, 0.3) is 0 Å². The van der Waals surface area contributed by atoms with Gasteiger partial charge in [-0.2, -0.15) is 5.10 Å². The van der Waals surface area contributed by atoms with Crippen molar-refractivity contribution in [1.29, 1.82) is 0 Å². The van der Waals surface area contributed by atoms with Gasteiger partial charge >= 0.3 is 0 Å². The highest BCUT2D eigenvalue weighted by Gasteiger charge is 2.12. The molecule has 0 aromatic carbocycles. The summed E-state index contributed by atoms with van der Waals surface area (Å²) in [6.07, 6.45) is 2.87. The minimum absolute atomic E-state index is 0.144. The number of hydrogen-bond acceptors (Lipinski definition) is 3. The Kier molecular flexibility index (Phi) is 3.50. The summed E-state index contributed by atoms with van der Waals surface area (Å²) in [5, 5.41) is 6.55. The van der Waals surface area contributed by atoms with Crippen LogP contribution in [0, 0.1) is 0 Å². The standard InChI is InChI=1S/C9H15N3O2/c1-4-12-6-8(5-11-12)14-7(2)9(13)10-3/h5-7H,4H2,1-3H3,(H,10,13). The van der Waals surface area contributed by atoms with Crippen LogP contribution >= 0.6 is 0 Å². The van der Waals surface area contributed by atoms with Crippen LogP contribution in [0.2, 0.25) is 0 Å². The third-order valence-electron chi connectivity index (χ3n) is 1.86. The average molecular weight is 197 g/mol. The van der Waals surface area contributed by atoms with Crippen molar-refractivity contribution in [3.63, 3.8) is 0 Å². The van der Waals surface area contributed by atoms with Gasteiger partial charge in [-0.05, 0) is 13.8 Å². The van der Waals surface area contributed by atoms with Gasteiger partial charge in [0, 0.05) is 13.6 Å². The summed E-state index contributed by atoms with van der Waals surface area (Å²) in [6, 6.07) is 0. The maximum Gasteiger partial charge on any atom is 0.260 e. The molecule has 0 saturated carbocycles. The molecule has 14 heavy (non-hydrogen) atoms. The molecule has 1 amide bonds. The second-order valence-electron chi connectivity index (χ2n) is 2.91. The van der Waals surface area contributed by atoms with Gasteiger partial charge in [-0.25, -0.2) is 0 Å². The van der Waals surface area contributed by atoms with Crippen molar-refractivity contribution in [2.45, 2.75) is 26.5 Å². The topological polar surface area (TPSA) is 56.1 Å². The third kappa shape index (κ3) is 2.48. The minimum Gasteiger partial charge on any atom is -0.478 e. The lowest BCUT2D eigenvalue weighted by molar-refractivity contribution is -0.126. The van der Waals surface area contributed by atoms with Crippen LogP contribution in [0.15, 0.2) is 12.4 Å². The normalized spacial score (nSPS) is 12.2. The highest BCUT2D eigenvalue weighted by molar-refractivity contribution is 5.80. The van der Waals surface area contributed by atoms with Gasteiger partial charge in [0.1, 0.15) is 0 Å². The lowest BCUT2D eigenvalue weighted by Crippen LogP contribution is -2.33. The van der Waals surface area contributed by atoms with Gasteiger partial charge in [-0.15, -0.1) is 0 Å². The maximum absolute atomic E-state index is 11.1. The summed E-state index contributed by atoms with van der Waals surface area (Å²) in [7, 11) is 1.58. The molecule has 1 heterocycles. The van der Waals surface area contributed by atoms with E-state index in [1.54, 1.807) is 31.0 Å². The molecule has 0 bridgehead atoms. The minimum atomic E-state index is -0.491. The molecule has 1 N–H and O–H groups in total. The lowest BCUT2D eigenvalue weighted by atomic mass is 10.4. The first kappa shape index (κ1) is 10.6. The van der Waals surface area contributed by atoms with E-state index in [2.05, 4.69) is 10.4 Å². The number of likely N-dealkylation sites (N-methyl/N-ethyl adjacent to an activating group) is 1. The SMILES string of the molecule is CCn1cc(OC(C)C(=O)NC)cn1. The molecule has 1 atom stereocenters. The summed E-state index contributed by atoms with van der Waals surface area (Å²) in [5.74, 6) is 0.470. The number of nitrogens with one attached hydrogen (secondary N) is 1. The highest BCUT2D eigenvalue weighted by Crippen LogP contribution is 2.10. The van der Waals surface area contributed by atoms with E-state index in [0.717, 1.165) is 6.54 Å². The fourth-order valence-corrected chi connectivity index (χ4v) is 1.04. The van der Waals surface area contributed by atoms with E-state index in [1.165, 1.54) is 0 Å². The Morgan fingerprint density at radius 1 is 1.79 bits per heavy atom. The van der Waals surface area contributed by atoms with Crippen molar-refractivity contribution < 1.29 is 9.53 Å². The Morgan fingerprint density at radius 2 is 2.50 bits per heavy atom. The zero-order valence-corrected chi connectivity index (χ0v) is 8.65. The van der Waals surface area contributed by atoms with Crippen LogP contribution in [0.1, 0.15) is 13.8 Å². The number of ether oxygens (including phenoxy) is 1. The fraction of sp³-hybridized carbons (Fsp3) is 0.556. The zero-order valence-electron chi connectivity index (χ0n) is 8.65. The van der Waals surface area contributed by atoms with Crippen LogP contribution in [0.3, 0.4) is 0 Å². The molecule has 0 radical (unpaired) electrons. The van der Waals surface area contributed by atoms with Crippen molar-refractivity contribution >= 4 is 5.91 Å². The second-order valence-corrected chi connectivity index (χ2v) is 2.91. The molecule has 5 heteroatoms. The van der Waals surface area contributed by atoms with E-state index in [0.29, 0.717) is 5.75 Å². The smallest absolute Gasteiger partial charge is 0.260 e. The molecule has 78 valence electrons. The van der Waals surface area contributed by atoms with Crippen LogP contribution < -0.4 is 10.1 Å². The number of rotatable bonds is 4. The molecule has 0 fully saturated rings. The van der Waals surface area contributed by atoms with Gasteiger partial charge in [-0.1, -0.05) is 0 Å². The molecule has 0 aliphatic rings. The summed E-state index contributed by atoms with van der Waals surface area (Å²) in [4.78, 5) is 11.1. The summed E-state index contributed by atoms with van der Waals surface area (Å²) in [6.45, 7) is 4.47. The summed E-state index contributed by atoms with van der Waals surface area (Å²) in [5.41, 5.74) is 0. The number of aromatic nitrogens is 2. The first-order valence-corrected chi connectivity index (χ1v) is 4.58. The number of carbonyl (C=O) groups excluding carboxylic acids is 1. The fourth-order valence-electron chi connectivity index (χ4n) is 1.04. The van der Waals surface area contributed by atoms with Crippen LogP contribution in [0.5, 0.6) is 5.75 Å². The molecule has 5 nitrogen and oxygen atoms in total. The van der Waals surface area contributed by atoms with Gasteiger partial charge in [0.05, 0.1) is 12.4 Å². The van der Waals surface area contributed by atoms with Crippen molar-refractivity contribution in [3.05, 3.63) is 12.4 Å². The quantitative estimate of drug-likeness (QED) is 0.761. The van der Waals surface area contributed by atoms with Crippen molar-refractivity contribution in [2.75, 3.05) is 7.05 Å². The van der Waals surface area contributed by atoms with E-state index in [1.807, 2.05) is 6.92 Å². The van der Waals surface area contributed by atoms with Gasteiger partial charge in [0.2, 0.25) is 0 Å². The molecular weight excluding hydrogens is 182 g/mol. The van der Waals surface area contributed by atoms with Crippen LogP contribution in [-0.4, -0.2) is 28.8 Å². The molecule has 0 saturated heterocycles. The molecule has 0 aliphatic heterocycles. The summed E-state index contributed by atoms with van der Waals surface area (Å²) < 4.78 is 7.10. The molecule has 0 spiro atoms. The first-order valence-electron chi connectivity index (χ1n) is 4.58. The average Bonchev–Trinajstić information content (AvgIpc) is 2.64. The van der Waals surface area contributed by atoms with E-state index in [-0.39, 0.29) is 5.91 Å². The van der Waals surface area contributed by atoms with E-state index in [9.17, 15) is 4.79 Å². The Labute approximate surface area is 83.1 Å². The Morgan fingerprint density at radius 3 is 3.00 bits per heavy atom. The lowest BCUT2D eigenvalue weighted by Gasteiger charge is -2.10. The van der Waals surface area contributed by atoms with Crippen LogP contribution in [-0.2, 0) is 11.3 Å². The largest absolute Gasteiger partial charge is 0.478 e. The van der Waals surface area contributed by atoms with Gasteiger partial charge < -0.3 is 10.1 Å². The molecular formula is C9H15N3O2. The molecule has 0 aliphatic carbocycles. The van der Waals surface area contributed by atoms with Gasteiger partial charge in [0.25, 0.3) is 5.91 Å². The Hall–Kier alpha value is -1.52. The van der Waals surface area contributed by atoms with Crippen LogP contribution in [0.4, 0.5) is 0 Å². The predicted octanol–water partition coefficient (Wildman–Crippen LogP) is 0.416. The summed E-state index contributed by atoms with van der Waals surface area (Å²) >= 11 is 0.